The summed E-state index contributed by atoms with van der Waals surface area (Å²) in [5.41, 5.74) is 5.21. The van der Waals surface area contributed by atoms with Crippen molar-refractivity contribution < 1.29 is 19.4 Å². The number of aromatic carboxylic acids is 1. The summed E-state index contributed by atoms with van der Waals surface area (Å²) in [6, 6.07) is 19.9. The second-order valence-corrected chi connectivity index (χ2v) is 9.41. The molecule has 0 aliphatic carbocycles. The summed E-state index contributed by atoms with van der Waals surface area (Å²) >= 11 is 5.90. The van der Waals surface area contributed by atoms with E-state index in [1.807, 2.05) is 71.8 Å². The smallest absolute Gasteiger partial charge is 0.337 e. The highest BCUT2D eigenvalue weighted by atomic mass is 32.1. The van der Waals surface area contributed by atoms with E-state index < -0.39 is 5.97 Å². The van der Waals surface area contributed by atoms with Gasteiger partial charge in [0.25, 0.3) is 0 Å². The summed E-state index contributed by atoms with van der Waals surface area (Å²) in [5, 5.41) is 13.9. The predicted octanol–water partition coefficient (Wildman–Crippen LogP) is 5.38. The van der Waals surface area contributed by atoms with E-state index in [4.69, 9.17) is 21.7 Å². The molecule has 0 amide bonds. The molecule has 0 spiro atoms. The molecule has 0 bridgehead atoms. The number of aromatic nitrogens is 2. The quantitative estimate of drug-likeness (QED) is 0.309. The molecule has 1 aliphatic heterocycles. The highest BCUT2D eigenvalue weighted by Crippen LogP contribution is 2.47. The van der Waals surface area contributed by atoms with E-state index in [2.05, 4.69) is 16.4 Å². The van der Waals surface area contributed by atoms with Crippen LogP contribution in [0.1, 0.15) is 45.1 Å². The number of hydrogen-bond acceptors (Lipinski definition) is 5. The van der Waals surface area contributed by atoms with Gasteiger partial charge in [0.1, 0.15) is 11.5 Å². The molecule has 8 nitrogen and oxygen atoms in total. The van der Waals surface area contributed by atoms with E-state index in [0.717, 1.165) is 28.3 Å². The Labute approximate surface area is 226 Å². The van der Waals surface area contributed by atoms with Crippen molar-refractivity contribution in [3.05, 3.63) is 101 Å². The number of nitrogens with one attached hydrogen (secondary N) is 1. The predicted molar refractivity (Wildman–Crippen MR) is 150 cm³/mol. The molecule has 2 unspecified atom stereocenters. The molecule has 2 atom stereocenters. The van der Waals surface area contributed by atoms with Crippen molar-refractivity contribution in [3.63, 3.8) is 0 Å². The summed E-state index contributed by atoms with van der Waals surface area (Å²) < 4.78 is 13.2. The zero-order chi connectivity index (χ0) is 27.0. The molecule has 1 fully saturated rings. The van der Waals surface area contributed by atoms with Gasteiger partial charge in [0.15, 0.2) is 5.11 Å². The molecule has 2 aromatic heterocycles. The fraction of sp³-hybridized carbons (Fsp3) is 0.207. The first-order valence-corrected chi connectivity index (χ1v) is 12.5. The first-order valence-electron chi connectivity index (χ1n) is 12.1. The van der Waals surface area contributed by atoms with E-state index in [1.54, 1.807) is 32.5 Å². The van der Waals surface area contributed by atoms with Crippen molar-refractivity contribution >= 4 is 29.0 Å². The zero-order valence-electron chi connectivity index (χ0n) is 21.5. The minimum absolute atomic E-state index is 0.230. The van der Waals surface area contributed by atoms with Gasteiger partial charge in [-0.1, -0.05) is 18.2 Å². The number of anilines is 1. The minimum atomic E-state index is -0.979. The van der Waals surface area contributed by atoms with Crippen LogP contribution < -0.4 is 19.7 Å². The Kier molecular flexibility index (Phi) is 6.77. The van der Waals surface area contributed by atoms with Crippen LogP contribution in [0.4, 0.5) is 5.69 Å². The van der Waals surface area contributed by atoms with Gasteiger partial charge in [0.2, 0.25) is 0 Å². The third kappa shape index (κ3) is 4.24. The normalized spacial score (nSPS) is 16.8. The molecule has 0 radical (unpaired) electrons. The SMILES string of the molecule is COc1ccc(OC)c(N2C(=S)NC(c3ccccn3)C2c2cc(C)n(-c3ccccc3C(=O)O)c2C)c1. The fourth-order valence-corrected chi connectivity index (χ4v) is 5.56. The van der Waals surface area contributed by atoms with Crippen molar-refractivity contribution in [2.24, 2.45) is 0 Å². The second kappa shape index (κ2) is 10.2. The van der Waals surface area contributed by atoms with Crippen LogP contribution >= 0.6 is 12.2 Å². The number of pyridine rings is 1. The van der Waals surface area contributed by atoms with Gasteiger partial charge in [-0.25, -0.2) is 4.79 Å². The van der Waals surface area contributed by atoms with Crippen LogP contribution in [-0.4, -0.2) is 40.0 Å². The number of nitrogens with zero attached hydrogens (tertiary/aromatic N) is 3. The van der Waals surface area contributed by atoms with Gasteiger partial charge < -0.3 is 29.4 Å². The monoisotopic (exact) mass is 528 g/mol. The summed E-state index contributed by atoms with van der Waals surface area (Å²) in [6.45, 7) is 3.97. The number of carbonyl (C=O) groups is 1. The molecule has 3 heterocycles. The van der Waals surface area contributed by atoms with Crippen LogP contribution in [0.15, 0.2) is 72.9 Å². The molecule has 38 heavy (non-hydrogen) atoms. The summed E-state index contributed by atoms with van der Waals surface area (Å²) in [6.07, 6.45) is 1.76. The number of ether oxygens (including phenoxy) is 2. The van der Waals surface area contributed by atoms with Gasteiger partial charge in [0, 0.05) is 23.7 Å². The molecule has 1 saturated heterocycles. The van der Waals surface area contributed by atoms with Crippen molar-refractivity contribution in [1.82, 2.24) is 14.9 Å². The van der Waals surface area contributed by atoms with Crippen LogP contribution in [-0.2, 0) is 0 Å². The number of hydrogen-bond donors (Lipinski definition) is 2. The molecular weight excluding hydrogens is 500 g/mol. The van der Waals surface area contributed by atoms with Crippen LogP contribution in [0, 0.1) is 13.8 Å². The van der Waals surface area contributed by atoms with E-state index in [0.29, 0.717) is 22.3 Å². The van der Waals surface area contributed by atoms with E-state index >= 15 is 0 Å². The lowest BCUT2D eigenvalue weighted by atomic mass is 9.96. The van der Waals surface area contributed by atoms with Gasteiger partial charge in [-0.2, -0.15) is 0 Å². The number of carboxylic acids is 1. The third-order valence-electron chi connectivity index (χ3n) is 6.91. The van der Waals surface area contributed by atoms with Crippen LogP contribution in [0.3, 0.4) is 0 Å². The minimum Gasteiger partial charge on any atom is -0.497 e. The molecular formula is C29H28N4O4S. The van der Waals surface area contributed by atoms with Crippen molar-refractivity contribution in [3.8, 4) is 17.2 Å². The van der Waals surface area contributed by atoms with Crippen molar-refractivity contribution in [2.75, 3.05) is 19.1 Å². The lowest BCUT2D eigenvalue weighted by Crippen LogP contribution is -2.30. The van der Waals surface area contributed by atoms with Gasteiger partial charge >= 0.3 is 5.97 Å². The molecule has 5 rings (SSSR count). The third-order valence-corrected chi connectivity index (χ3v) is 7.22. The van der Waals surface area contributed by atoms with Crippen molar-refractivity contribution in [1.29, 1.82) is 0 Å². The molecule has 4 aromatic rings. The zero-order valence-corrected chi connectivity index (χ0v) is 22.3. The number of aryl methyl sites for hydroxylation is 1. The first kappa shape index (κ1) is 25.3. The van der Waals surface area contributed by atoms with Crippen LogP contribution in [0.2, 0.25) is 0 Å². The highest BCUT2D eigenvalue weighted by molar-refractivity contribution is 7.80. The number of methoxy groups -OCH3 is 2. The Hall–Kier alpha value is -4.37. The number of thiocarbonyl (C=S) groups is 1. The average molecular weight is 529 g/mol. The van der Waals surface area contributed by atoms with E-state index in [9.17, 15) is 9.90 Å². The number of benzene rings is 2. The summed E-state index contributed by atoms with van der Waals surface area (Å²) in [7, 11) is 3.24. The summed E-state index contributed by atoms with van der Waals surface area (Å²) in [4.78, 5) is 18.7. The topological polar surface area (TPSA) is 88.9 Å². The Morgan fingerprint density at radius 3 is 2.45 bits per heavy atom. The molecule has 9 heteroatoms. The maximum absolute atomic E-state index is 12.0. The molecule has 2 aromatic carbocycles. The van der Waals surface area contributed by atoms with Gasteiger partial charge in [0.05, 0.1) is 48.9 Å². The lowest BCUT2D eigenvalue weighted by Gasteiger charge is -2.29. The Morgan fingerprint density at radius 1 is 1.00 bits per heavy atom. The Balaban J connectivity index is 1.74. The largest absolute Gasteiger partial charge is 0.497 e. The Bertz CT molecular complexity index is 1520. The second-order valence-electron chi connectivity index (χ2n) is 9.02. The molecule has 0 saturated carbocycles. The van der Waals surface area contributed by atoms with Crippen LogP contribution in [0.25, 0.3) is 5.69 Å². The fourth-order valence-electron chi connectivity index (χ4n) is 5.22. The average Bonchev–Trinajstić information content (AvgIpc) is 3.43. The molecule has 2 N–H and O–H groups in total. The highest BCUT2D eigenvalue weighted by Gasteiger charge is 2.43. The maximum atomic E-state index is 12.0. The van der Waals surface area contributed by atoms with Gasteiger partial charge in [-0.15, -0.1) is 0 Å². The number of carboxylic acid groups (broad SMARTS) is 1. The summed E-state index contributed by atoms with van der Waals surface area (Å²) in [5.74, 6) is 0.337. The maximum Gasteiger partial charge on any atom is 0.337 e. The van der Waals surface area contributed by atoms with Crippen molar-refractivity contribution in [2.45, 2.75) is 25.9 Å². The standard InChI is InChI=1S/C29H28N4O4S/c1-17-15-21(18(2)32(17)23-11-6-5-9-20(23)28(34)35)27-26(22-10-7-8-14-30-22)31-29(38)33(27)24-16-19(36-3)12-13-25(24)37-4/h5-16,26-27H,1-4H3,(H,31,38)(H,34,35). The molecule has 194 valence electrons. The van der Waals surface area contributed by atoms with Gasteiger partial charge in [-0.3, -0.25) is 4.98 Å². The Morgan fingerprint density at radius 2 is 1.76 bits per heavy atom. The molecule has 1 aliphatic rings. The van der Waals surface area contributed by atoms with E-state index in [-0.39, 0.29) is 17.6 Å². The lowest BCUT2D eigenvalue weighted by molar-refractivity contribution is 0.0697. The van der Waals surface area contributed by atoms with Crippen LogP contribution in [0.5, 0.6) is 11.5 Å². The first-order chi connectivity index (χ1) is 18.3. The van der Waals surface area contributed by atoms with E-state index in [1.165, 1.54) is 0 Å². The number of rotatable bonds is 7. The van der Waals surface area contributed by atoms with Gasteiger partial charge in [-0.05, 0) is 74.1 Å². The number of para-hydroxylation sites is 1.